The van der Waals surface area contributed by atoms with Crippen molar-refractivity contribution in [2.45, 2.75) is 23.7 Å². The van der Waals surface area contributed by atoms with Gasteiger partial charge in [0.2, 0.25) is 0 Å². The molecule has 0 radical (unpaired) electrons. The second-order valence-electron chi connectivity index (χ2n) is 3.15. The molecule has 0 aromatic rings. The molecule has 0 nitrogen and oxygen atoms in total. The van der Waals surface area contributed by atoms with Crippen molar-refractivity contribution in [1.29, 1.82) is 0 Å². The van der Waals surface area contributed by atoms with Crippen molar-refractivity contribution in [3.63, 3.8) is 0 Å². The van der Waals surface area contributed by atoms with Crippen LogP contribution in [0.1, 0.15) is 0 Å². The van der Waals surface area contributed by atoms with Crippen molar-refractivity contribution in [1.82, 2.24) is 0 Å². The Morgan fingerprint density at radius 2 is 0.765 bits per heavy atom. The summed E-state index contributed by atoms with van der Waals surface area (Å²) in [5.41, 5.74) is -13.4. The molecule has 0 aromatic heterocycles. The Labute approximate surface area is 87.2 Å². The Morgan fingerprint density at radius 3 is 0.882 bits per heavy atom. The van der Waals surface area contributed by atoms with Gasteiger partial charge in [0.15, 0.2) is 0 Å². The van der Waals surface area contributed by atoms with Crippen LogP contribution in [0.25, 0.3) is 0 Å². The summed E-state index contributed by atoms with van der Waals surface area (Å²) in [6.07, 6.45) is -13.6. The van der Waals surface area contributed by atoms with Crippen LogP contribution in [0.2, 0.25) is 0 Å². The second kappa shape index (κ2) is 3.83. The number of hydrogen-bond donors (Lipinski definition) is 0. The number of rotatable bonds is 2. The average Bonchev–Trinajstić information content (AvgIpc) is 1.98. The van der Waals surface area contributed by atoms with E-state index < -0.39 is 37.9 Å². The number of halogens is 11. The van der Waals surface area contributed by atoms with Gasteiger partial charge in [-0.15, -0.1) is 0 Å². The summed E-state index contributed by atoms with van der Waals surface area (Å²) in [6.45, 7) is -1.02. The van der Waals surface area contributed by atoms with E-state index in [2.05, 4.69) is 0 Å². The normalized spacial score (nSPS) is 17.2. The molecule has 0 aliphatic rings. The molecule has 0 bridgehead atoms. The molecule has 12 heteroatoms. The third kappa shape index (κ3) is 2.30. The molecule has 0 aliphatic carbocycles. The van der Waals surface area contributed by atoms with Crippen LogP contribution in [0.5, 0.6) is 0 Å². The molecule has 17 heavy (non-hydrogen) atoms. The molecular formula is C5H4F11P. The van der Waals surface area contributed by atoms with Gasteiger partial charge in [0, 0.05) is 0 Å². The Morgan fingerprint density at radius 1 is 0.588 bits per heavy atom. The van der Waals surface area contributed by atoms with Crippen molar-refractivity contribution >= 4 is 7.57 Å². The zero-order chi connectivity index (χ0) is 14.5. The molecule has 0 fully saturated rings. The maximum absolute atomic E-state index is 12.8. The van der Waals surface area contributed by atoms with Gasteiger partial charge < -0.3 is 0 Å². The van der Waals surface area contributed by atoms with E-state index in [1.807, 2.05) is 0 Å². The van der Waals surface area contributed by atoms with Crippen molar-refractivity contribution in [2.24, 2.45) is 0 Å². The van der Waals surface area contributed by atoms with E-state index in [1.165, 1.54) is 0 Å². The van der Waals surface area contributed by atoms with Gasteiger partial charge in [-0.2, -0.15) is 0 Å². The van der Waals surface area contributed by atoms with Gasteiger partial charge in [-0.3, -0.25) is 0 Å². The third-order valence-electron chi connectivity index (χ3n) is 1.89. The van der Waals surface area contributed by atoms with Gasteiger partial charge in [0.25, 0.3) is 0 Å². The molecule has 0 heterocycles. The average molecular weight is 304 g/mol. The van der Waals surface area contributed by atoms with Crippen LogP contribution in [-0.4, -0.2) is 30.3 Å². The first-order chi connectivity index (χ1) is 7.00. The summed E-state index contributed by atoms with van der Waals surface area (Å²) < 4.78 is 132. The Bertz CT molecular complexity index is 255. The predicted molar refractivity (Wildman–Crippen MR) is 37.4 cm³/mol. The van der Waals surface area contributed by atoms with Gasteiger partial charge >= 0.3 is 86.0 Å². The quantitative estimate of drug-likeness (QED) is 0.518. The van der Waals surface area contributed by atoms with Gasteiger partial charge in [-0.25, -0.2) is 0 Å². The van der Waals surface area contributed by atoms with E-state index in [0.29, 0.717) is 0 Å². The minimum atomic E-state index is -7.85. The van der Waals surface area contributed by atoms with Crippen molar-refractivity contribution in [2.75, 3.05) is 6.66 Å². The Hall–Kier alpha value is -0.340. The van der Waals surface area contributed by atoms with Crippen LogP contribution in [-0.2, 0) is 0 Å². The van der Waals surface area contributed by atoms with Gasteiger partial charge in [-0.05, 0) is 0 Å². The summed E-state index contributed by atoms with van der Waals surface area (Å²) >= 11 is 0. The Balaban J connectivity index is 5.73. The molecular weight excluding hydrogens is 300 g/mol. The first kappa shape index (κ1) is 16.7. The molecule has 0 aromatic carbocycles. The molecule has 0 unspecified atom stereocenters. The van der Waals surface area contributed by atoms with Crippen LogP contribution in [0.4, 0.5) is 48.1 Å². The van der Waals surface area contributed by atoms with Crippen LogP contribution < -0.4 is 0 Å². The summed E-state index contributed by atoms with van der Waals surface area (Å²) in [7, 11) is -7.85. The predicted octanol–water partition coefficient (Wildman–Crippen LogP) is 4.56. The van der Waals surface area contributed by atoms with E-state index in [-0.39, 0.29) is 0 Å². The molecule has 106 valence electrons. The zero-order valence-electron chi connectivity index (χ0n) is 7.66. The maximum atomic E-state index is 12.8. The van der Waals surface area contributed by atoms with Gasteiger partial charge in [0.1, 0.15) is 0 Å². The molecule has 0 rings (SSSR count). The van der Waals surface area contributed by atoms with Gasteiger partial charge in [0.05, 0.1) is 0 Å². The standard InChI is InChI=1S/C5H4F11P/c1-17(16,4(12,13)2(6,7)8)5(14,15)3(9,10)11/h17H,1H3. The van der Waals surface area contributed by atoms with Crippen LogP contribution in [0, 0.1) is 0 Å². The summed E-state index contributed by atoms with van der Waals surface area (Å²) in [6, 6.07) is 0. The fourth-order valence-corrected chi connectivity index (χ4v) is 2.19. The summed E-state index contributed by atoms with van der Waals surface area (Å²) in [5.74, 6) is 0. The first-order valence-electron chi connectivity index (χ1n) is 3.58. The SMILES string of the molecule is C[PH](F)(C(F)(F)C(F)(F)F)C(F)(F)C(F)(F)F. The van der Waals surface area contributed by atoms with Crippen molar-refractivity contribution in [3.05, 3.63) is 0 Å². The Kier molecular flexibility index (Phi) is 3.75. The van der Waals surface area contributed by atoms with Crippen LogP contribution in [0.15, 0.2) is 0 Å². The fourth-order valence-electron chi connectivity index (χ4n) is 0.730. The van der Waals surface area contributed by atoms with Crippen LogP contribution >= 0.6 is 7.57 Å². The molecule has 0 atom stereocenters. The molecule has 0 saturated carbocycles. The minimum absolute atomic E-state index is 1.02. The summed E-state index contributed by atoms with van der Waals surface area (Å²) in [4.78, 5) is 0. The molecule has 0 aliphatic heterocycles. The molecule has 0 spiro atoms. The summed E-state index contributed by atoms with van der Waals surface area (Å²) in [5, 5.41) is 0. The number of alkyl halides is 10. The number of hydrogen-bond acceptors (Lipinski definition) is 0. The van der Waals surface area contributed by atoms with E-state index in [4.69, 9.17) is 0 Å². The fraction of sp³-hybridized carbons (Fsp3) is 1.00. The van der Waals surface area contributed by atoms with Crippen molar-refractivity contribution in [3.8, 4) is 0 Å². The second-order valence-corrected chi connectivity index (χ2v) is 6.41. The third-order valence-corrected chi connectivity index (χ3v) is 4.82. The molecule has 0 amide bonds. The molecule has 0 N–H and O–H groups in total. The monoisotopic (exact) mass is 304 g/mol. The van der Waals surface area contributed by atoms with E-state index in [9.17, 15) is 48.1 Å². The van der Waals surface area contributed by atoms with Gasteiger partial charge in [-0.1, -0.05) is 0 Å². The topological polar surface area (TPSA) is 0 Å². The zero-order valence-corrected chi connectivity index (χ0v) is 8.66. The van der Waals surface area contributed by atoms with E-state index >= 15 is 0 Å². The van der Waals surface area contributed by atoms with E-state index in [0.717, 1.165) is 0 Å². The van der Waals surface area contributed by atoms with E-state index in [1.54, 1.807) is 0 Å². The molecule has 0 saturated heterocycles. The van der Waals surface area contributed by atoms with Crippen LogP contribution in [0.3, 0.4) is 0 Å². The van der Waals surface area contributed by atoms with Crippen molar-refractivity contribution < 1.29 is 48.1 Å². The first-order valence-corrected chi connectivity index (χ1v) is 5.96.